The van der Waals surface area contributed by atoms with Gasteiger partial charge in [-0.1, -0.05) is 13.8 Å². The lowest BCUT2D eigenvalue weighted by molar-refractivity contribution is -0.150. The number of carbonyl (C=O) groups excluding carboxylic acids is 4. The third-order valence-corrected chi connectivity index (χ3v) is 5.19. The molecule has 0 aromatic heterocycles. The van der Waals surface area contributed by atoms with Gasteiger partial charge in [0.2, 0.25) is 23.6 Å². The van der Waals surface area contributed by atoms with Crippen LogP contribution in [0.15, 0.2) is 0 Å². The van der Waals surface area contributed by atoms with Gasteiger partial charge >= 0.3 is 5.97 Å². The Morgan fingerprint density at radius 3 is 2.19 bits per heavy atom. The molecule has 1 aliphatic rings. The van der Waals surface area contributed by atoms with E-state index in [4.69, 9.17) is 11.5 Å². The molecule has 5 atom stereocenters. The summed E-state index contributed by atoms with van der Waals surface area (Å²) < 4.78 is 0. The molecule has 0 radical (unpaired) electrons. The Bertz CT molecular complexity index is 697. The number of nitrogens with zero attached hydrogens (tertiary/aromatic N) is 1. The van der Waals surface area contributed by atoms with Gasteiger partial charge in [0.05, 0.1) is 6.10 Å². The Morgan fingerprint density at radius 1 is 1.10 bits per heavy atom. The third-order valence-electron chi connectivity index (χ3n) is 5.19. The van der Waals surface area contributed by atoms with Gasteiger partial charge in [0.15, 0.2) is 0 Å². The van der Waals surface area contributed by atoms with Crippen molar-refractivity contribution in [1.82, 2.24) is 15.5 Å². The molecule has 0 bridgehead atoms. The number of amides is 4. The van der Waals surface area contributed by atoms with Crippen LogP contribution in [0.25, 0.3) is 0 Å². The highest BCUT2D eigenvalue weighted by molar-refractivity contribution is 5.94. The second kappa shape index (κ2) is 11.6. The molecule has 5 unspecified atom stereocenters. The normalized spacial score (nSPS) is 19.9. The van der Waals surface area contributed by atoms with Gasteiger partial charge in [0, 0.05) is 13.0 Å². The van der Waals surface area contributed by atoms with Crippen molar-refractivity contribution in [2.75, 3.05) is 6.54 Å². The predicted molar refractivity (Wildman–Crippen MR) is 109 cm³/mol. The number of nitrogens with one attached hydrogen (secondary N) is 2. The summed E-state index contributed by atoms with van der Waals surface area (Å²) in [7, 11) is 0. The zero-order valence-electron chi connectivity index (χ0n) is 18.0. The molecule has 0 aromatic carbocycles. The molecular formula is C19H33N5O7. The van der Waals surface area contributed by atoms with Crippen LogP contribution in [0.2, 0.25) is 0 Å². The number of rotatable bonds is 11. The Hall–Kier alpha value is -2.73. The van der Waals surface area contributed by atoms with Crippen LogP contribution in [-0.4, -0.2) is 81.5 Å². The number of likely N-dealkylation sites (tertiary alicyclic amines) is 1. The molecule has 0 spiro atoms. The van der Waals surface area contributed by atoms with Crippen LogP contribution in [-0.2, 0) is 24.0 Å². The summed E-state index contributed by atoms with van der Waals surface area (Å²) in [5.41, 5.74) is 10.7. The summed E-state index contributed by atoms with van der Waals surface area (Å²) in [4.78, 5) is 61.9. The molecule has 4 amide bonds. The molecule has 1 fully saturated rings. The van der Waals surface area contributed by atoms with Crippen LogP contribution in [0.4, 0.5) is 0 Å². The number of hydrogen-bond donors (Lipinski definition) is 6. The Kier molecular flexibility index (Phi) is 9.85. The van der Waals surface area contributed by atoms with E-state index in [1.165, 1.54) is 11.8 Å². The fourth-order valence-corrected chi connectivity index (χ4v) is 3.28. The molecule has 1 aliphatic heterocycles. The van der Waals surface area contributed by atoms with Crippen LogP contribution >= 0.6 is 0 Å². The molecule has 176 valence electrons. The molecule has 8 N–H and O–H groups in total. The minimum Gasteiger partial charge on any atom is -0.480 e. The van der Waals surface area contributed by atoms with Crippen LogP contribution in [0.3, 0.4) is 0 Å². The number of carbonyl (C=O) groups is 5. The second-order valence-corrected chi connectivity index (χ2v) is 8.09. The smallest absolute Gasteiger partial charge is 0.326 e. The van der Waals surface area contributed by atoms with E-state index < -0.39 is 59.9 Å². The number of aliphatic hydroxyl groups is 1. The van der Waals surface area contributed by atoms with Crippen molar-refractivity contribution in [3.63, 3.8) is 0 Å². The molecular weight excluding hydrogens is 410 g/mol. The Labute approximate surface area is 180 Å². The first-order chi connectivity index (χ1) is 14.4. The predicted octanol–water partition coefficient (Wildman–Crippen LogP) is -2.34. The molecule has 12 nitrogen and oxygen atoms in total. The van der Waals surface area contributed by atoms with E-state index in [0.29, 0.717) is 12.8 Å². The number of aliphatic hydroxyl groups excluding tert-OH is 1. The zero-order valence-corrected chi connectivity index (χ0v) is 18.0. The Balaban J connectivity index is 2.99. The minimum absolute atomic E-state index is 0.139. The minimum atomic E-state index is -1.30. The summed E-state index contributed by atoms with van der Waals surface area (Å²) in [6, 6.07) is -4.52. The summed E-state index contributed by atoms with van der Waals surface area (Å²) >= 11 is 0. The molecule has 0 aromatic rings. The zero-order chi connectivity index (χ0) is 23.9. The van der Waals surface area contributed by atoms with Crippen LogP contribution < -0.4 is 22.1 Å². The van der Waals surface area contributed by atoms with E-state index in [1.54, 1.807) is 13.8 Å². The van der Waals surface area contributed by atoms with Crippen LogP contribution in [0.5, 0.6) is 0 Å². The third kappa shape index (κ3) is 7.47. The first-order valence-electron chi connectivity index (χ1n) is 10.2. The van der Waals surface area contributed by atoms with Crippen LogP contribution in [0, 0.1) is 5.92 Å². The molecule has 31 heavy (non-hydrogen) atoms. The van der Waals surface area contributed by atoms with Gasteiger partial charge in [-0.2, -0.15) is 0 Å². The van der Waals surface area contributed by atoms with Gasteiger partial charge in [-0.05, 0) is 32.1 Å². The van der Waals surface area contributed by atoms with Crippen molar-refractivity contribution in [3.05, 3.63) is 0 Å². The maximum absolute atomic E-state index is 13.0. The van der Waals surface area contributed by atoms with Crippen molar-refractivity contribution >= 4 is 29.6 Å². The largest absolute Gasteiger partial charge is 0.480 e. The van der Waals surface area contributed by atoms with E-state index in [2.05, 4.69) is 10.6 Å². The number of carboxylic acids is 1. The maximum atomic E-state index is 13.0. The topological polar surface area (TPSA) is 205 Å². The number of primary amides is 1. The monoisotopic (exact) mass is 443 g/mol. The molecule has 1 saturated heterocycles. The highest BCUT2D eigenvalue weighted by Crippen LogP contribution is 2.20. The first-order valence-corrected chi connectivity index (χ1v) is 10.2. The van der Waals surface area contributed by atoms with E-state index in [9.17, 15) is 34.2 Å². The van der Waals surface area contributed by atoms with Crippen molar-refractivity contribution in [2.24, 2.45) is 17.4 Å². The molecule has 0 saturated carbocycles. The summed E-state index contributed by atoms with van der Waals surface area (Å²) in [5.74, 6) is -4.27. The quantitative estimate of drug-likeness (QED) is 0.203. The molecule has 12 heteroatoms. The maximum Gasteiger partial charge on any atom is 0.326 e. The van der Waals surface area contributed by atoms with Crippen molar-refractivity contribution in [1.29, 1.82) is 0 Å². The van der Waals surface area contributed by atoms with Gasteiger partial charge in [0.25, 0.3) is 0 Å². The van der Waals surface area contributed by atoms with Gasteiger partial charge in [-0.3, -0.25) is 19.2 Å². The fraction of sp³-hybridized carbons (Fsp3) is 0.737. The highest BCUT2D eigenvalue weighted by atomic mass is 16.4. The molecule has 0 aliphatic carbocycles. The lowest BCUT2D eigenvalue weighted by Crippen LogP contribution is -2.59. The number of carboxylic acid groups (broad SMARTS) is 1. The van der Waals surface area contributed by atoms with Gasteiger partial charge < -0.3 is 37.2 Å². The summed E-state index contributed by atoms with van der Waals surface area (Å²) in [6.07, 6.45) is -0.659. The van der Waals surface area contributed by atoms with E-state index >= 15 is 0 Å². The number of aliphatic carboxylic acids is 1. The number of nitrogens with two attached hydrogens (primary N) is 2. The van der Waals surface area contributed by atoms with Gasteiger partial charge in [0.1, 0.15) is 24.2 Å². The van der Waals surface area contributed by atoms with Crippen molar-refractivity contribution in [3.8, 4) is 0 Å². The summed E-state index contributed by atoms with van der Waals surface area (Å²) in [5, 5.41) is 23.7. The highest BCUT2D eigenvalue weighted by Gasteiger charge is 2.39. The van der Waals surface area contributed by atoms with Crippen molar-refractivity contribution in [2.45, 2.75) is 76.7 Å². The van der Waals surface area contributed by atoms with Gasteiger partial charge in [-0.25, -0.2) is 4.79 Å². The lowest BCUT2D eigenvalue weighted by Gasteiger charge is -2.30. The van der Waals surface area contributed by atoms with E-state index in [0.717, 1.165) is 0 Å². The van der Waals surface area contributed by atoms with Gasteiger partial charge in [-0.15, -0.1) is 0 Å². The Morgan fingerprint density at radius 2 is 1.71 bits per heavy atom. The average molecular weight is 444 g/mol. The fourth-order valence-electron chi connectivity index (χ4n) is 3.28. The summed E-state index contributed by atoms with van der Waals surface area (Å²) in [6.45, 7) is 4.95. The molecule has 1 rings (SSSR count). The SMILES string of the molecule is CC(C)C(NC(=O)C(CCC(N)=O)NC(=O)C(N)C(C)O)C(=O)N1CCCC1C(=O)O. The van der Waals surface area contributed by atoms with Crippen LogP contribution in [0.1, 0.15) is 46.5 Å². The first kappa shape index (κ1) is 26.3. The van der Waals surface area contributed by atoms with Crippen molar-refractivity contribution < 1.29 is 34.2 Å². The van der Waals surface area contributed by atoms with E-state index in [1.807, 2.05) is 0 Å². The van der Waals surface area contributed by atoms with E-state index in [-0.39, 0.29) is 25.3 Å². The molecule has 1 heterocycles. The number of hydrogen-bond acceptors (Lipinski definition) is 7. The lowest BCUT2D eigenvalue weighted by atomic mass is 10.0. The second-order valence-electron chi connectivity index (χ2n) is 8.09. The average Bonchev–Trinajstić information content (AvgIpc) is 3.17. The standard InChI is InChI=1S/C19H33N5O7/c1-9(2)15(18(29)24-8-4-5-12(24)19(30)31)23-16(27)11(6-7-13(20)26)22-17(28)14(21)10(3)25/h9-12,14-15,25H,4-8,21H2,1-3H3,(H2,20,26)(H,22,28)(H,23,27)(H,30,31).